The molecule has 2 aromatic carbocycles. The van der Waals surface area contributed by atoms with Gasteiger partial charge in [0.25, 0.3) is 5.91 Å². The van der Waals surface area contributed by atoms with Crippen molar-refractivity contribution < 1.29 is 23.1 Å². The normalized spacial score (nSPS) is 16.7. The summed E-state index contributed by atoms with van der Waals surface area (Å²) in [6.07, 6.45) is 0.295. The Balaban J connectivity index is 1.82. The average molecular weight is 388 g/mol. The largest absolute Gasteiger partial charge is 0.481 e. The summed E-state index contributed by atoms with van der Waals surface area (Å²) in [5.74, 6) is -1.39. The molecule has 1 heterocycles. The fraction of sp³-hybridized carbons (Fsp3) is 0.263. The number of hydrogen-bond donors (Lipinski definition) is 2. The lowest BCUT2D eigenvalue weighted by Gasteiger charge is -2.19. The Morgan fingerprint density at radius 1 is 1.11 bits per heavy atom. The van der Waals surface area contributed by atoms with Crippen molar-refractivity contribution in [1.82, 2.24) is 5.32 Å². The van der Waals surface area contributed by atoms with Crippen molar-refractivity contribution in [2.45, 2.75) is 18.9 Å². The maximum absolute atomic E-state index is 12.7. The highest BCUT2D eigenvalue weighted by Gasteiger charge is 2.29. The Morgan fingerprint density at radius 3 is 2.48 bits per heavy atom. The van der Waals surface area contributed by atoms with Crippen LogP contribution in [0, 0.1) is 0 Å². The monoisotopic (exact) mass is 388 g/mol. The van der Waals surface area contributed by atoms with Gasteiger partial charge < -0.3 is 10.4 Å². The van der Waals surface area contributed by atoms with E-state index in [-0.39, 0.29) is 17.7 Å². The third-order valence-electron chi connectivity index (χ3n) is 4.38. The summed E-state index contributed by atoms with van der Waals surface area (Å²) < 4.78 is 25.5. The molecule has 27 heavy (non-hydrogen) atoms. The van der Waals surface area contributed by atoms with Crippen LogP contribution in [0.1, 0.15) is 34.8 Å². The second-order valence-electron chi connectivity index (χ2n) is 6.33. The number of anilines is 1. The van der Waals surface area contributed by atoms with Crippen LogP contribution in [0.2, 0.25) is 0 Å². The summed E-state index contributed by atoms with van der Waals surface area (Å²) in [4.78, 5) is 23.8. The second kappa shape index (κ2) is 7.79. The van der Waals surface area contributed by atoms with Crippen molar-refractivity contribution in [3.63, 3.8) is 0 Å². The van der Waals surface area contributed by atoms with Gasteiger partial charge in [-0.3, -0.25) is 13.9 Å². The molecule has 8 heteroatoms. The first-order valence-electron chi connectivity index (χ1n) is 8.55. The molecule has 0 aromatic heterocycles. The van der Waals surface area contributed by atoms with Gasteiger partial charge >= 0.3 is 5.97 Å². The van der Waals surface area contributed by atoms with Crippen LogP contribution < -0.4 is 9.62 Å². The maximum atomic E-state index is 12.7. The predicted molar refractivity (Wildman–Crippen MR) is 101 cm³/mol. The molecule has 1 aliphatic rings. The molecule has 1 amide bonds. The number of rotatable bonds is 6. The first-order valence-corrected chi connectivity index (χ1v) is 10.2. The van der Waals surface area contributed by atoms with Crippen LogP contribution in [-0.2, 0) is 14.8 Å². The van der Waals surface area contributed by atoms with E-state index in [2.05, 4.69) is 5.32 Å². The number of benzene rings is 2. The van der Waals surface area contributed by atoms with Gasteiger partial charge in [0.2, 0.25) is 10.0 Å². The lowest BCUT2D eigenvalue weighted by Crippen LogP contribution is -2.30. The fourth-order valence-corrected chi connectivity index (χ4v) is 4.64. The van der Waals surface area contributed by atoms with E-state index in [1.54, 1.807) is 42.5 Å². The summed E-state index contributed by atoms with van der Waals surface area (Å²) in [6.45, 7) is 0.388. The van der Waals surface area contributed by atoms with Gasteiger partial charge in [0.05, 0.1) is 23.9 Å². The van der Waals surface area contributed by atoms with Crippen molar-refractivity contribution in [1.29, 1.82) is 0 Å². The van der Waals surface area contributed by atoms with Crippen molar-refractivity contribution in [3.05, 3.63) is 65.7 Å². The summed E-state index contributed by atoms with van der Waals surface area (Å²) >= 11 is 0. The SMILES string of the molecule is O=C(O)CC(NC(=O)c1cccc(N2CCCS2(=O)=O)c1)c1ccccc1. The topological polar surface area (TPSA) is 104 Å². The molecule has 1 fully saturated rings. The van der Waals surface area contributed by atoms with E-state index in [9.17, 15) is 18.0 Å². The Labute approximate surface area is 157 Å². The van der Waals surface area contributed by atoms with E-state index in [1.165, 1.54) is 10.4 Å². The van der Waals surface area contributed by atoms with E-state index in [4.69, 9.17) is 5.11 Å². The summed E-state index contributed by atoms with van der Waals surface area (Å²) in [6, 6.07) is 14.5. The number of aliphatic carboxylic acids is 1. The lowest BCUT2D eigenvalue weighted by atomic mass is 10.0. The Kier molecular flexibility index (Phi) is 5.46. The Morgan fingerprint density at radius 2 is 1.85 bits per heavy atom. The molecule has 2 aromatic rings. The lowest BCUT2D eigenvalue weighted by molar-refractivity contribution is -0.137. The molecule has 1 unspecified atom stereocenters. The van der Waals surface area contributed by atoms with Crippen LogP contribution in [0.15, 0.2) is 54.6 Å². The van der Waals surface area contributed by atoms with Crippen LogP contribution in [0.3, 0.4) is 0 Å². The van der Waals surface area contributed by atoms with Crippen molar-refractivity contribution in [2.75, 3.05) is 16.6 Å². The van der Waals surface area contributed by atoms with Gasteiger partial charge in [0.15, 0.2) is 0 Å². The Hall–Kier alpha value is -2.87. The molecule has 0 saturated carbocycles. The molecule has 2 N–H and O–H groups in total. The van der Waals surface area contributed by atoms with Crippen LogP contribution >= 0.6 is 0 Å². The average Bonchev–Trinajstić information content (AvgIpc) is 3.00. The maximum Gasteiger partial charge on any atom is 0.305 e. The Bertz CT molecular complexity index is 944. The minimum absolute atomic E-state index is 0.0954. The minimum atomic E-state index is -3.34. The second-order valence-corrected chi connectivity index (χ2v) is 8.34. The third kappa shape index (κ3) is 4.46. The molecule has 0 aliphatic carbocycles. The number of hydrogen-bond acceptors (Lipinski definition) is 4. The highest BCUT2D eigenvalue weighted by atomic mass is 32.2. The number of carboxylic acids is 1. The van der Waals surface area contributed by atoms with Gasteiger partial charge in [-0.1, -0.05) is 36.4 Å². The number of sulfonamides is 1. The summed E-state index contributed by atoms with van der Waals surface area (Å²) in [7, 11) is -3.34. The first-order chi connectivity index (χ1) is 12.9. The minimum Gasteiger partial charge on any atom is -0.481 e. The molecule has 0 radical (unpaired) electrons. The van der Waals surface area contributed by atoms with Gasteiger partial charge in [-0.25, -0.2) is 8.42 Å². The molecule has 0 spiro atoms. The van der Waals surface area contributed by atoms with E-state index in [1.807, 2.05) is 6.07 Å². The summed E-state index contributed by atoms with van der Waals surface area (Å²) in [5, 5.41) is 11.9. The highest BCUT2D eigenvalue weighted by Crippen LogP contribution is 2.25. The molecular weight excluding hydrogens is 368 g/mol. The predicted octanol–water partition coefficient (Wildman–Crippen LogP) is 2.17. The van der Waals surface area contributed by atoms with E-state index >= 15 is 0 Å². The molecule has 1 saturated heterocycles. The number of amides is 1. The number of carbonyl (C=O) groups is 2. The van der Waals surface area contributed by atoms with Crippen LogP contribution in [0.25, 0.3) is 0 Å². The van der Waals surface area contributed by atoms with Crippen LogP contribution in [0.5, 0.6) is 0 Å². The molecular formula is C19H20N2O5S. The number of nitrogens with zero attached hydrogens (tertiary/aromatic N) is 1. The quantitative estimate of drug-likeness (QED) is 0.789. The van der Waals surface area contributed by atoms with Gasteiger partial charge in [0.1, 0.15) is 0 Å². The fourth-order valence-electron chi connectivity index (χ4n) is 3.09. The number of carbonyl (C=O) groups excluding carboxylic acids is 1. The molecule has 1 atom stereocenters. The zero-order valence-corrected chi connectivity index (χ0v) is 15.4. The highest BCUT2D eigenvalue weighted by molar-refractivity contribution is 7.93. The smallest absolute Gasteiger partial charge is 0.305 e. The van der Waals surface area contributed by atoms with Crippen molar-refractivity contribution in [3.8, 4) is 0 Å². The van der Waals surface area contributed by atoms with Gasteiger partial charge in [-0.2, -0.15) is 0 Å². The van der Waals surface area contributed by atoms with Gasteiger partial charge in [0, 0.05) is 12.1 Å². The number of nitrogens with one attached hydrogen (secondary N) is 1. The van der Waals surface area contributed by atoms with E-state index < -0.39 is 27.9 Å². The molecule has 142 valence electrons. The van der Waals surface area contributed by atoms with Crippen molar-refractivity contribution >= 4 is 27.6 Å². The third-order valence-corrected chi connectivity index (χ3v) is 6.25. The van der Waals surface area contributed by atoms with Gasteiger partial charge in [-0.15, -0.1) is 0 Å². The van der Waals surface area contributed by atoms with Crippen LogP contribution in [-0.4, -0.2) is 37.7 Å². The van der Waals surface area contributed by atoms with E-state index in [0.717, 1.165) is 0 Å². The van der Waals surface area contributed by atoms with E-state index in [0.29, 0.717) is 24.2 Å². The summed E-state index contributed by atoms with van der Waals surface area (Å²) in [5.41, 5.74) is 1.40. The van der Waals surface area contributed by atoms with Crippen LogP contribution in [0.4, 0.5) is 5.69 Å². The molecule has 3 rings (SSSR count). The van der Waals surface area contributed by atoms with Crippen molar-refractivity contribution in [2.24, 2.45) is 0 Å². The molecule has 0 bridgehead atoms. The zero-order valence-electron chi connectivity index (χ0n) is 14.5. The molecule has 7 nitrogen and oxygen atoms in total. The standard InChI is InChI=1S/C19H20N2O5S/c22-18(23)13-17(14-6-2-1-3-7-14)20-19(24)15-8-4-9-16(12-15)21-10-5-11-27(21,25)26/h1-4,6-9,12,17H,5,10-11,13H2,(H,20,24)(H,22,23). The zero-order chi connectivity index (χ0) is 19.4. The molecule has 1 aliphatic heterocycles. The first kappa shape index (κ1) is 18.9. The number of carboxylic acid groups (broad SMARTS) is 1. The van der Waals surface area contributed by atoms with Gasteiger partial charge in [-0.05, 0) is 30.2 Å².